The number of methoxy groups -OCH3 is 2. The molecule has 0 spiro atoms. The highest BCUT2D eigenvalue weighted by atomic mass is 35.5. The highest BCUT2D eigenvalue weighted by Gasteiger charge is 2.37. The molecule has 2 aromatic heterocycles. The van der Waals surface area contributed by atoms with E-state index in [1.165, 1.54) is 0 Å². The van der Waals surface area contributed by atoms with Crippen LogP contribution in [0, 0.1) is 0 Å². The number of carbonyl (C=O) groups excluding carboxylic acids is 1. The minimum atomic E-state index is -0.0319. The number of aromatic nitrogens is 3. The minimum absolute atomic E-state index is 0.0231. The lowest BCUT2D eigenvalue weighted by Gasteiger charge is -2.22. The van der Waals surface area contributed by atoms with Crippen molar-refractivity contribution in [1.29, 1.82) is 0 Å². The number of amides is 2. The normalized spacial score (nSPS) is 16.4. The molecule has 1 aromatic carbocycles. The molecule has 0 bridgehead atoms. The summed E-state index contributed by atoms with van der Waals surface area (Å²) in [6.07, 6.45) is 0.604. The van der Waals surface area contributed by atoms with E-state index >= 15 is 0 Å². The number of benzene rings is 1. The van der Waals surface area contributed by atoms with Crippen molar-refractivity contribution < 1.29 is 14.3 Å². The summed E-state index contributed by atoms with van der Waals surface area (Å²) in [4.78, 5) is 28.5. The summed E-state index contributed by atoms with van der Waals surface area (Å²) >= 11 is 12.4. The number of imidazole rings is 1. The van der Waals surface area contributed by atoms with Crippen molar-refractivity contribution in [2.75, 3.05) is 27.3 Å². The van der Waals surface area contributed by atoms with Crippen molar-refractivity contribution in [3.8, 4) is 11.5 Å². The van der Waals surface area contributed by atoms with Gasteiger partial charge < -0.3 is 24.3 Å². The number of halogens is 2. The summed E-state index contributed by atoms with van der Waals surface area (Å²) in [6.45, 7) is 3.49. The number of carbonyl (C=O) groups is 1. The molecule has 1 N–H and O–H groups in total. The molecule has 164 valence electrons. The van der Waals surface area contributed by atoms with Gasteiger partial charge >= 0.3 is 6.03 Å². The number of nitrogens with one attached hydrogen (secondary N) is 1. The van der Waals surface area contributed by atoms with Crippen LogP contribution in [-0.2, 0) is 13.0 Å². The fourth-order valence-electron chi connectivity index (χ4n) is 3.95. The van der Waals surface area contributed by atoms with E-state index in [1.807, 2.05) is 24.0 Å². The second kappa shape index (κ2) is 8.80. The molecule has 31 heavy (non-hydrogen) atoms. The molecule has 1 fully saturated rings. The monoisotopic (exact) mass is 463 g/mol. The molecule has 0 radical (unpaired) electrons. The van der Waals surface area contributed by atoms with Crippen molar-refractivity contribution in [3.05, 3.63) is 45.8 Å². The van der Waals surface area contributed by atoms with E-state index < -0.39 is 0 Å². The van der Waals surface area contributed by atoms with Crippen molar-refractivity contribution >= 4 is 40.4 Å². The van der Waals surface area contributed by atoms with Gasteiger partial charge in [0.2, 0.25) is 0 Å². The summed E-state index contributed by atoms with van der Waals surface area (Å²) in [5, 5.41) is 0.964. The zero-order valence-electron chi connectivity index (χ0n) is 17.5. The van der Waals surface area contributed by atoms with Crippen LogP contribution in [0.25, 0.3) is 11.2 Å². The highest BCUT2D eigenvalue weighted by molar-refractivity contribution is 6.31. The number of H-pyrrole nitrogens is 1. The lowest BCUT2D eigenvalue weighted by Crippen LogP contribution is -2.35. The van der Waals surface area contributed by atoms with E-state index in [2.05, 4.69) is 15.0 Å². The van der Waals surface area contributed by atoms with Gasteiger partial charge in [-0.2, -0.15) is 0 Å². The Hall–Kier alpha value is -2.71. The smallest absolute Gasteiger partial charge is 0.320 e. The maximum absolute atomic E-state index is 13.0. The third kappa shape index (κ3) is 4.22. The lowest BCUT2D eigenvalue weighted by molar-refractivity contribution is 0.186. The molecular weight excluding hydrogens is 441 g/mol. The van der Waals surface area contributed by atoms with Crippen LogP contribution in [0.2, 0.25) is 10.2 Å². The fraction of sp³-hybridized carbons (Fsp3) is 0.381. The third-order valence-electron chi connectivity index (χ3n) is 5.44. The first-order chi connectivity index (χ1) is 14.9. The standard InChI is InChI=1S/C21H23Cl2N5O3/c1-4-28-13(7-12-8-16(30-2)17(31-3)9-14(12)22)10-27(21(28)29)11-19-24-15-5-6-18(23)25-20(15)26-19/h5-6,8-9,13H,4,7,10-11H2,1-3H3,(H,24,25,26). The molecule has 1 atom stereocenters. The number of urea groups is 1. The molecule has 1 unspecified atom stereocenters. The molecule has 3 heterocycles. The van der Waals surface area contributed by atoms with Crippen LogP contribution < -0.4 is 9.47 Å². The molecule has 1 saturated heterocycles. The van der Waals surface area contributed by atoms with Crippen LogP contribution >= 0.6 is 23.2 Å². The van der Waals surface area contributed by atoms with Gasteiger partial charge in [0.15, 0.2) is 17.1 Å². The van der Waals surface area contributed by atoms with E-state index in [-0.39, 0.29) is 12.1 Å². The Kier molecular flexibility index (Phi) is 6.11. The van der Waals surface area contributed by atoms with E-state index in [1.54, 1.807) is 31.3 Å². The first-order valence-corrected chi connectivity index (χ1v) is 10.7. The number of pyridine rings is 1. The molecular formula is C21H23Cl2N5O3. The predicted octanol–water partition coefficient (Wildman–Crippen LogP) is 4.15. The summed E-state index contributed by atoms with van der Waals surface area (Å²) in [5.74, 6) is 1.85. The Morgan fingerprint density at radius 1 is 1.16 bits per heavy atom. The topological polar surface area (TPSA) is 83.6 Å². The summed E-state index contributed by atoms with van der Waals surface area (Å²) < 4.78 is 10.7. The van der Waals surface area contributed by atoms with Gasteiger partial charge in [0.25, 0.3) is 0 Å². The van der Waals surface area contributed by atoms with Gasteiger partial charge in [-0.05, 0) is 37.1 Å². The Morgan fingerprint density at radius 3 is 2.61 bits per heavy atom. The van der Waals surface area contributed by atoms with Crippen LogP contribution in [0.1, 0.15) is 18.3 Å². The van der Waals surface area contributed by atoms with Crippen molar-refractivity contribution in [1.82, 2.24) is 24.8 Å². The third-order valence-corrected chi connectivity index (χ3v) is 6.00. The number of hydrogen-bond acceptors (Lipinski definition) is 5. The van der Waals surface area contributed by atoms with Gasteiger partial charge in [-0.15, -0.1) is 0 Å². The number of fused-ring (bicyclic) bond motifs is 1. The molecule has 0 aliphatic carbocycles. The summed E-state index contributed by atoms with van der Waals surface area (Å²) in [7, 11) is 3.16. The zero-order valence-corrected chi connectivity index (χ0v) is 19.0. The molecule has 10 heteroatoms. The second-order valence-electron chi connectivity index (χ2n) is 7.29. The largest absolute Gasteiger partial charge is 0.493 e. The predicted molar refractivity (Wildman–Crippen MR) is 119 cm³/mol. The molecule has 1 aliphatic rings. The Balaban J connectivity index is 1.54. The number of rotatable bonds is 7. The Labute approximate surface area is 190 Å². The van der Waals surface area contributed by atoms with Crippen LogP contribution in [0.5, 0.6) is 11.5 Å². The molecule has 8 nitrogen and oxygen atoms in total. The lowest BCUT2D eigenvalue weighted by atomic mass is 10.0. The zero-order chi connectivity index (χ0) is 22.1. The minimum Gasteiger partial charge on any atom is -0.493 e. The van der Waals surface area contributed by atoms with Gasteiger partial charge in [-0.1, -0.05) is 23.2 Å². The van der Waals surface area contributed by atoms with Crippen LogP contribution in [0.15, 0.2) is 24.3 Å². The highest BCUT2D eigenvalue weighted by Crippen LogP contribution is 2.34. The van der Waals surface area contributed by atoms with Gasteiger partial charge in [0, 0.05) is 24.2 Å². The number of likely N-dealkylation sites (N-methyl/N-ethyl adjacent to an activating group) is 1. The van der Waals surface area contributed by atoms with Crippen LogP contribution in [0.3, 0.4) is 0 Å². The van der Waals surface area contributed by atoms with E-state index in [0.717, 1.165) is 11.1 Å². The van der Waals surface area contributed by atoms with Crippen LogP contribution in [0.4, 0.5) is 4.79 Å². The number of ether oxygens (including phenoxy) is 2. The average Bonchev–Trinajstić information content (AvgIpc) is 3.28. The molecule has 2 amide bonds. The maximum Gasteiger partial charge on any atom is 0.320 e. The first-order valence-electron chi connectivity index (χ1n) is 9.90. The quantitative estimate of drug-likeness (QED) is 0.532. The molecule has 0 saturated carbocycles. The summed E-state index contributed by atoms with van der Waals surface area (Å²) in [5.41, 5.74) is 2.22. The number of aromatic amines is 1. The fourth-order valence-corrected chi connectivity index (χ4v) is 4.32. The SMILES string of the molecule is CCN1C(=O)N(Cc2nc3nc(Cl)ccc3[nH]2)CC1Cc1cc(OC)c(OC)cc1Cl. The maximum atomic E-state index is 13.0. The van der Waals surface area contributed by atoms with Gasteiger partial charge in [0.1, 0.15) is 11.0 Å². The van der Waals surface area contributed by atoms with Crippen molar-refractivity contribution in [2.24, 2.45) is 0 Å². The van der Waals surface area contributed by atoms with E-state index in [9.17, 15) is 4.79 Å². The first kappa shape index (κ1) is 21.5. The molecule has 1 aliphatic heterocycles. The summed E-state index contributed by atoms with van der Waals surface area (Å²) in [6, 6.07) is 7.09. The van der Waals surface area contributed by atoms with Gasteiger partial charge in [0.05, 0.1) is 32.3 Å². The number of hydrogen-bond donors (Lipinski definition) is 1. The van der Waals surface area contributed by atoms with E-state index in [0.29, 0.717) is 59.2 Å². The molecule has 3 aromatic rings. The van der Waals surface area contributed by atoms with E-state index in [4.69, 9.17) is 32.7 Å². The molecule has 4 rings (SSSR count). The Morgan fingerprint density at radius 2 is 1.90 bits per heavy atom. The number of nitrogens with zero attached hydrogens (tertiary/aromatic N) is 4. The van der Waals surface area contributed by atoms with Crippen molar-refractivity contribution in [3.63, 3.8) is 0 Å². The van der Waals surface area contributed by atoms with Gasteiger partial charge in [-0.25, -0.2) is 14.8 Å². The van der Waals surface area contributed by atoms with Crippen LogP contribution in [-0.4, -0.2) is 64.1 Å². The van der Waals surface area contributed by atoms with Crippen molar-refractivity contribution in [2.45, 2.75) is 25.9 Å². The van der Waals surface area contributed by atoms with Gasteiger partial charge in [-0.3, -0.25) is 0 Å². The Bertz CT molecular complexity index is 1120. The average molecular weight is 464 g/mol. The second-order valence-corrected chi connectivity index (χ2v) is 8.09.